The monoisotopic (exact) mass is 218 g/mol. The highest BCUT2D eigenvalue weighted by molar-refractivity contribution is 5.88. The lowest BCUT2D eigenvalue weighted by Crippen LogP contribution is -2.19. The maximum atomic E-state index is 11.7. The Balaban J connectivity index is 2.48. The van der Waals surface area contributed by atoms with Crippen LogP contribution in [-0.4, -0.2) is 23.2 Å². The van der Waals surface area contributed by atoms with Crippen LogP contribution in [0.1, 0.15) is 5.56 Å². The topological polar surface area (TPSA) is 64.2 Å². The van der Waals surface area contributed by atoms with Crippen LogP contribution < -0.4 is 15.0 Å². The molecule has 82 valence electrons. The summed E-state index contributed by atoms with van der Waals surface area (Å²) in [4.78, 5) is 18.4. The van der Waals surface area contributed by atoms with Crippen molar-refractivity contribution in [3.63, 3.8) is 0 Å². The number of rotatable bonds is 0. The van der Waals surface area contributed by atoms with Crippen molar-refractivity contribution < 1.29 is 9.47 Å². The van der Waals surface area contributed by atoms with Crippen molar-refractivity contribution in [3.05, 3.63) is 28.3 Å². The summed E-state index contributed by atoms with van der Waals surface area (Å²) in [5, 5.41) is 0.461. The van der Waals surface area contributed by atoms with Gasteiger partial charge in [0.15, 0.2) is 11.5 Å². The first kappa shape index (κ1) is 9.21. The van der Waals surface area contributed by atoms with Crippen molar-refractivity contribution in [2.24, 2.45) is 0 Å². The molecule has 1 aliphatic heterocycles. The van der Waals surface area contributed by atoms with Gasteiger partial charge in [-0.05, 0) is 18.6 Å². The summed E-state index contributed by atoms with van der Waals surface area (Å²) in [6.45, 7) is 2.88. The lowest BCUT2D eigenvalue weighted by molar-refractivity contribution is 0.172. The lowest BCUT2D eigenvalue weighted by atomic mass is 10.1. The number of nitrogens with zero attached hydrogens (tertiary/aromatic N) is 1. The molecule has 1 aromatic carbocycles. The number of H-pyrrole nitrogens is 1. The normalized spacial score (nSPS) is 14.1. The minimum Gasteiger partial charge on any atom is -0.486 e. The fraction of sp³-hybridized carbons (Fsp3) is 0.273. The molecule has 5 nitrogen and oxygen atoms in total. The molecule has 0 saturated carbocycles. The molecule has 0 amide bonds. The van der Waals surface area contributed by atoms with E-state index in [1.54, 1.807) is 0 Å². The summed E-state index contributed by atoms with van der Waals surface area (Å²) < 4.78 is 11.0. The van der Waals surface area contributed by atoms with Gasteiger partial charge in [-0.3, -0.25) is 4.79 Å². The molecule has 0 spiro atoms. The molecule has 0 radical (unpaired) electrons. The number of ether oxygens (including phenoxy) is 2. The van der Waals surface area contributed by atoms with Crippen LogP contribution in [0.3, 0.4) is 0 Å². The Morgan fingerprint density at radius 2 is 2.06 bits per heavy atom. The van der Waals surface area contributed by atoms with Gasteiger partial charge in [-0.2, -0.15) is 0 Å². The zero-order valence-corrected chi connectivity index (χ0v) is 8.74. The van der Waals surface area contributed by atoms with Crippen LogP contribution >= 0.6 is 0 Å². The molecule has 0 aliphatic carbocycles. The first-order valence-corrected chi connectivity index (χ1v) is 5.04. The second kappa shape index (κ2) is 3.23. The highest BCUT2D eigenvalue weighted by Gasteiger charge is 2.20. The molecule has 0 unspecified atom stereocenters. The van der Waals surface area contributed by atoms with Crippen molar-refractivity contribution in [2.75, 3.05) is 13.2 Å². The fourth-order valence-electron chi connectivity index (χ4n) is 1.91. The van der Waals surface area contributed by atoms with Gasteiger partial charge in [0, 0.05) is 0 Å². The van der Waals surface area contributed by atoms with E-state index in [9.17, 15) is 4.79 Å². The van der Waals surface area contributed by atoms with Crippen LogP contribution in [0.2, 0.25) is 0 Å². The summed E-state index contributed by atoms with van der Waals surface area (Å²) >= 11 is 0. The standard InChI is InChI=1S/C11H10N2O3/c1-6-4-7-8(11(14)13-5-12-7)10-9(6)15-2-3-16-10/h4-5H,2-3H2,1H3,(H,12,13,14). The molecule has 0 atom stereocenters. The zero-order chi connectivity index (χ0) is 11.1. The predicted molar refractivity (Wildman–Crippen MR) is 58.1 cm³/mol. The van der Waals surface area contributed by atoms with Gasteiger partial charge in [-0.1, -0.05) is 0 Å². The van der Waals surface area contributed by atoms with Crippen LogP contribution in [0.4, 0.5) is 0 Å². The Kier molecular flexibility index (Phi) is 1.86. The number of aryl methyl sites for hydroxylation is 1. The molecule has 3 rings (SSSR count). The molecule has 1 aliphatic rings. The third-order valence-corrected chi connectivity index (χ3v) is 2.60. The SMILES string of the molecule is Cc1cc2nc[nH]c(=O)c2c2c1OCCO2. The maximum absolute atomic E-state index is 11.7. The summed E-state index contributed by atoms with van der Waals surface area (Å²) in [5.41, 5.74) is 1.36. The number of aromatic nitrogens is 2. The molecule has 1 aromatic heterocycles. The van der Waals surface area contributed by atoms with Crippen molar-refractivity contribution in [2.45, 2.75) is 6.92 Å². The Hall–Kier alpha value is -2.04. The smallest absolute Gasteiger partial charge is 0.262 e. The number of fused-ring (bicyclic) bond motifs is 3. The van der Waals surface area contributed by atoms with Crippen LogP contribution in [0.25, 0.3) is 10.9 Å². The number of aromatic amines is 1. The van der Waals surface area contributed by atoms with Gasteiger partial charge in [0.05, 0.1) is 11.8 Å². The highest BCUT2D eigenvalue weighted by Crippen LogP contribution is 2.38. The van der Waals surface area contributed by atoms with Gasteiger partial charge in [-0.15, -0.1) is 0 Å². The fourth-order valence-corrected chi connectivity index (χ4v) is 1.91. The minimum atomic E-state index is -0.202. The predicted octanol–water partition coefficient (Wildman–Crippen LogP) is 1.00. The highest BCUT2D eigenvalue weighted by atomic mass is 16.6. The minimum absolute atomic E-state index is 0.202. The number of benzene rings is 1. The van der Waals surface area contributed by atoms with E-state index in [0.717, 1.165) is 5.56 Å². The Bertz CT molecular complexity index is 618. The number of hydrogen-bond acceptors (Lipinski definition) is 4. The van der Waals surface area contributed by atoms with E-state index in [2.05, 4.69) is 9.97 Å². The second-order valence-electron chi connectivity index (χ2n) is 3.67. The first-order chi connectivity index (χ1) is 7.77. The zero-order valence-electron chi connectivity index (χ0n) is 8.74. The molecule has 0 saturated heterocycles. The van der Waals surface area contributed by atoms with Gasteiger partial charge in [0.1, 0.15) is 18.6 Å². The van der Waals surface area contributed by atoms with Crippen molar-refractivity contribution in [3.8, 4) is 11.5 Å². The van der Waals surface area contributed by atoms with Crippen LogP contribution in [0, 0.1) is 6.92 Å². The Morgan fingerprint density at radius 1 is 1.31 bits per heavy atom. The molecule has 0 bridgehead atoms. The third kappa shape index (κ3) is 1.18. The molecule has 2 heterocycles. The molecule has 16 heavy (non-hydrogen) atoms. The Morgan fingerprint density at radius 3 is 2.88 bits per heavy atom. The van der Waals surface area contributed by atoms with E-state index in [1.807, 2.05) is 13.0 Å². The lowest BCUT2D eigenvalue weighted by Gasteiger charge is -2.21. The maximum Gasteiger partial charge on any atom is 0.262 e. The van der Waals surface area contributed by atoms with E-state index in [1.165, 1.54) is 6.33 Å². The van der Waals surface area contributed by atoms with Gasteiger partial charge >= 0.3 is 0 Å². The summed E-state index contributed by atoms with van der Waals surface area (Å²) in [7, 11) is 0. The molecule has 0 fully saturated rings. The number of nitrogens with one attached hydrogen (secondary N) is 1. The Labute approximate surface area is 91.0 Å². The van der Waals surface area contributed by atoms with Gasteiger partial charge in [0.25, 0.3) is 5.56 Å². The number of hydrogen-bond donors (Lipinski definition) is 1. The average Bonchev–Trinajstić information content (AvgIpc) is 2.29. The molecule has 2 aromatic rings. The first-order valence-electron chi connectivity index (χ1n) is 5.04. The summed E-state index contributed by atoms with van der Waals surface area (Å²) in [5.74, 6) is 1.16. The summed E-state index contributed by atoms with van der Waals surface area (Å²) in [6.07, 6.45) is 1.39. The largest absolute Gasteiger partial charge is 0.486 e. The molecule has 1 N–H and O–H groups in total. The third-order valence-electron chi connectivity index (χ3n) is 2.60. The second-order valence-corrected chi connectivity index (χ2v) is 3.67. The quantitative estimate of drug-likeness (QED) is 0.716. The van der Waals surface area contributed by atoms with Gasteiger partial charge in [-0.25, -0.2) is 4.98 Å². The van der Waals surface area contributed by atoms with Crippen molar-refractivity contribution in [1.82, 2.24) is 9.97 Å². The van der Waals surface area contributed by atoms with E-state index >= 15 is 0 Å². The van der Waals surface area contributed by atoms with E-state index in [4.69, 9.17) is 9.47 Å². The van der Waals surface area contributed by atoms with Crippen LogP contribution in [-0.2, 0) is 0 Å². The van der Waals surface area contributed by atoms with Gasteiger partial charge < -0.3 is 14.5 Å². The van der Waals surface area contributed by atoms with Crippen molar-refractivity contribution in [1.29, 1.82) is 0 Å². The molecular formula is C11H10N2O3. The van der Waals surface area contributed by atoms with Crippen LogP contribution in [0.15, 0.2) is 17.2 Å². The van der Waals surface area contributed by atoms with E-state index in [0.29, 0.717) is 35.6 Å². The van der Waals surface area contributed by atoms with Gasteiger partial charge in [0.2, 0.25) is 0 Å². The molecular weight excluding hydrogens is 208 g/mol. The van der Waals surface area contributed by atoms with Crippen LogP contribution in [0.5, 0.6) is 11.5 Å². The molecule has 5 heteroatoms. The van der Waals surface area contributed by atoms with E-state index < -0.39 is 0 Å². The van der Waals surface area contributed by atoms with Crippen molar-refractivity contribution >= 4 is 10.9 Å². The van der Waals surface area contributed by atoms with E-state index in [-0.39, 0.29) is 5.56 Å². The summed E-state index contributed by atoms with van der Waals surface area (Å²) in [6, 6.07) is 1.83. The average molecular weight is 218 g/mol.